The van der Waals surface area contributed by atoms with Crippen LogP contribution in [0.3, 0.4) is 0 Å². The lowest BCUT2D eigenvalue weighted by atomic mass is 9.93. The minimum absolute atomic E-state index is 0.0883. The van der Waals surface area contributed by atoms with Gasteiger partial charge in [0, 0.05) is 44.9 Å². The van der Waals surface area contributed by atoms with Crippen LogP contribution >= 0.6 is 22.6 Å². The first-order valence-electron chi connectivity index (χ1n) is 10.2. The van der Waals surface area contributed by atoms with Gasteiger partial charge in [-0.2, -0.15) is 0 Å². The molecule has 2 aliphatic carbocycles. The molecule has 33 heavy (non-hydrogen) atoms. The number of carbonyl (C=O) groups excluding carboxylic acids is 3. The van der Waals surface area contributed by atoms with Gasteiger partial charge in [-0.1, -0.05) is 54.5 Å². The SMILES string of the molecule is C#CC1COC(=O)c2cccc(C3=C4C(=C(C(=O)I)C3=O)c3cccc5cccc4c35)c2O1. The molecule has 0 aromatic heterocycles. The van der Waals surface area contributed by atoms with Crippen molar-refractivity contribution in [3.63, 3.8) is 0 Å². The van der Waals surface area contributed by atoms with Crippen molar-refractivity contribution < 1.29 is 23.9 Å². The van der Waals surface area contributed by atoms with E-state index in [-0.39, 0.29) is 27.3 Å². The van der Waals surface area contributed by atoms with Crippen molar-refractivity contribution in [3.05, 3.63) is 82.4 Å². The number of para-hydroxylation sites is 1. The van der Waals surface area contributed by atoms with E-state index in [1.165, 1.54) is 0 Å². The molecule has 3 aromatic carbocycles. The van der Waals surface area contributed by atoms with Crippen LogP contribution in [0.15, 0.2) is 60.2 Å². The van der Waals surface area contributed by atoms with Crippen LogP contribution in [0.5, 0.6) is 5.75 Å². The lowest BCUT2D eigenvalue weighted by molar-refractivity contribution is -0.113. The summed E-state index contributed by atoms with van der Waals surface area (Å²) in [6.07, 6.45) is 4.77. The van der Waals surface area contributed by atoms with Crippen LogP contribution in [0, 0.1) is 12.3 Å². The summed E-state index contributed by atoms with van der Waals surface area (Å²) in [5.41, 5.74) is 4.10. The fraction of sp³-hybridized carbons (Fsp3) is 0.0741. The van der Waals surface area contributed by atoms with E-state index < -0.39 is 17.9 Å². The number of allylic oxidation sites excluding steroid dienone is 4. The van der Waals surface area contributed by atoms with E-state index in [4.69, 9.17) is 15.9 Å². The maximum Gasteiger partial charge on any atom is 0.342 e. The van der Waals surface area contributed by atoms with Crippen molar-refractivity contribution >= 4 is 65.6 Å². The molecule has 0 N–H and O–H groups in total. The number of esters is 1. The average Bonchev–Trinajstić information content (AvgIpc) is 3.22. The summed E-state index contributed by atoms with van der Waals surface area (Å²) < 4.78 is 10.9. The van der Waals surface area contributed by atoms with Gasteiger partial charge < -0.3 is 9.47 Å². The summed E-state index contributed by atoms with van der Waals surface area (Å²) in [4.78, 5) is 39.0. The fourth-order valence-corrected chi connectivity index (χ4v) is 5.37. The summed E-state index contributed by atoms with van der Waals surface area (Å²) in [5.74, 6) is 1.71. The molecule has 3 aromatic rings. The molecule has 5 nitrogen and oxygen atoms in total. The Morgan fingerprint density at radius 3 is 2.24 bits per heavy atom. The quantitative estimate of drug-likeness (QED) is 0.155. The number of benzene rings is 3. The van der Waals surface area contributed by atoms with Crippen LogP contribution in [0.25, 0.3) is 27.5 Å². The number of cyclic esters (lactones) is 1. The number of hydrogen-bond donors (Lipinski definition) is 0. The number of carbonyl (C=O) groups is 3. The van der Waals surface area contributed by atoms with E-state index in [2.05, 4.69) is 5.92 Å². The summed E-state index contributed by atoms with van der Waals surface area (Å²) in [6, 6.07) is 16.7. The van der Waals surface area contributed by atoms with Gasteiger partial charge in [-0.05, 0) is 28.0 Å². The van der Waals surface area contributed by atoms with Gasteiger partial charge in [0.05, 0.1) is 5.57 Å². The minimum Gasteiger partial charge on any atom is -0.473 e. The van der Waals surface area contributed by atoms with Crippen LogP contribution in [0.2, 0.25) is 0 Å². The molecule has 0 radical (unpaired) electrons. The Labute approximate surface area is 202 Å². The number of halogens is 1. The van der Waals surface area contributed by atoms with E-state index in [0.29, 0.717) is 22.3 Å². The first kappa shape index (κ1) is 19.9. The zero-order valence-electron chi connectivity index (χ0n) is 17.0. The highest BCUT2D eigenvalue weighted by atomic mass is 127. The van der Waals surface area contributed by atoms with E-state index in [0.717, 1.165) is 21.9 Å². The number of ketones is 1. The standard InChI is InChI=1S/C27H13IO5/c1-2-14-12-32-27(31)18-11-5-10-17(25(18)33-14)22-20-15-8-3-6-13-7-4-9-16(19(13)15)21(20)23(24(22)29)26(28)30/h1,3-11,14H,12H2. The van der Waals surface area contributed by atoms with Crippen molar-refractivity contribution in [2.75, 3.05) is 6.61 Å². The number of hydrogen-bond acceptors (Lipinski definition) is 5. The molecule has 1 atom stereocenters. The van der Waals surface area contributed by atoms with E-state index >= 15 is 0 Å². The smallest absolute Gasteiger partial charge is 0.342 e. The Kier molecular flexibility index (Phi) is 4.32. The molecule has 1 unspecified atom stereocenters. The van der Waals surface area contributed by atoms with Crippen LogP contribution < -0.4 is 4.74 Å². The number of fused-ring (bicyclic) bond motifs is 4. The Balaban J connectivity index is 1.71. The molecule has 0 fully saturated rings. The number of rotatable bonds is 2. The Morgan fingerprint density at radius 1 is 0.909 bits per heavy atom. The highest BCUT2D eigenvalue weighted by Gasteiger charge is 2.43. The molecule has 0 saturated carbocycles. The lowest BCUT2D eigenvalue weighted by Gasteiger charge is -2.16. The molecule has 0 bridgehead atoms. The van der Waals surface area contributed by atoms with Gasteiger partial charge in [0.25, 0.3) is 0 Å². The van der Waals surface area contributed by atoms with Gasteiger partial charge in [0.2, 0.25) is 3.79 Å². The highest BCUT2D eigenvalue weighted by molar-refractivity contribution is 14.1. The second-order valence-corrected chi connectivity index (χ2v) is 8.85. The van der Waals surface area contributed by atoms with Gasteiger partial charge in [-0.15, -0.1) is 6.42 Å². The summed E-state index contributed by atoms with van der Waals surface area (Å²) in [6.45, 7) is -0.0883. The van der Waals surface area contributed by atoms with Gasteiger partial charge in [0.15, 0.2) is 11.9 Å². The minimum atomic E-state index is -0.791. The lowest BCUT2D eigenvalue weighted by Crippen LogP contribution is -2.20. The zero-order chi connectivity index (χ0) is 22.9. The summed E-state index contributed by atoms with van der Waals surface area (Å²) in [5, 5.41) is 2.01. The Hall–Kier alpha value is -3.70. The third-order valence-corrected chi connectivity index (χ3v) is 6.70. The van der Waals surface area contributed by atoms with Crippen LogP contribution in [-0.4, -0.2) is 28.3 Å². The second kappa shape index (κ2) is 7.15. The predicted octanol–water partition coefficient (Wildman–Crippen LogP) is 4.61. The molecular formula is C27H13IO5. The number of ether oxygens (including phenoxy) is 2. The maximum atomic E-state index is 13.7. The normalized spacial score (nSPS) is 18.5. The molecule has 6 heteroatoms. The monoisotopic (exact) mass is 544 g/mol. The first-order valence-corrected chi connectivity index (χ1v) is 11.3. The van der Waals surface area contributed by atoms with E-state index in [1.54, 1.807) is 40.8 Å². The van der Waals surface area contributed by atoms with Gasteiger partial charge >= 0.3 is 5.97 Å². The van der Waals surface area contributed by atoms with Gasteiger partial charge in [-0.25, -0.2) is 4.79 Å². The Bertz CT molecular complexity index is 1560. The molecule has 1 aliphatic heterocycles. The van der Waals surface area contributed by atoms with Crippen molar-refractivity contribution in [1.29, 1.82) is 0 Å². The zero-order valence-corrected chi connectivity index (χ0v) is 19.1. The van der Waals surface area contributed by atoms with Crippen molar-refractivity contribution in [3.8, 4) is 18.1 Å². The van der Waals surface area contributed by atoms with Crippen LogP contribution in [0.4, 0.5) is 0 Å². The molecule has 158 valence electrons. The third kappa shape index (κ3) is 2.69. The molecule has 0 spiro atoms. The molecule has 1 heterocycles. The Morgan fingerprint density at radius 2 is 1.55 bits per heavy atom. The largest absolute Gasteiger partial charge is 0.473 e. The van der Waals surface area contributed by atoms with Crippen molar-refractivity contribution in [1.82, 2.24) is 0 Å². The van der Waals surface area contributed by atoms with E-state index in [9.17, 15) is 14.4 Å². The van der Waals surface area contributed by atoms with Crippen LogP contribution in [-0.2, 0) is 14.3 Å². The first-order chi connectivity index (χ1) is 16.0. The van der Waals surface area contributed by atoms with E-state index in [1.807, 2.05) is 36.4 Å². The van der Waals surface area contributed by atoms with Gasteiger partial charge in [0.1, 0.15) is 17.9 Å². The molecular weight excluding hydrogens is 531 g/mol. The molecule has 0 amide bonds. The highest BCUT2D eigenvalue weighted by Crippen LogP contribution is 2.56. The number of terminal acetylenes is 1. The van der Waals surface area contributed by atoms with Crippen LogP contribution in [0.1, 0.15) is 27.0 Å². The van der Waals surface area contributed by atoms with Crippen molar-refractivity contribution in [2.45, 2.75) is 6.10 Å². The molecule has 0 saturated heterocycles. The average molecular weight is 544 g/mol. The summed E-state index contributed by atoms with van der Waals surface area (Å²) >= 11 is 1.66. The number of Topliss-reactive ketones (excluding diaryl/α,β-unsaturated/α-hetero) is 1. The molecule has 6 rings (SSSR count). The fourth-order valence-electron chi connectivity index (χ4n) is 4.85. The summed E-state index contributed by atoms with van der Waals surface area (Å²) in [7, 11) is 0. The second-order valence-electron chi connectivity index (χ2n) is 7.87. The van der Waals surface area contributed by atoms with Crippen molar-refractivity contribution in [2.24, 2.45) is 0 Å². The topological polar surface area (TPSA) is 69.7 Å². The predicted molar refractivity (Wildman–Crippen MR) is 132 cm³/mol. The third-order valence-electron chi connectivity index (χ3n) is 6.16. The maximum absolute atomic E-state index is 13.7. The van der Waals surface area contributed by atoms with Gasteiger partial charge in [-0.3, -0.25) is 9.59 Å². The molecule has 3 aliphatic rings.